The van der Waals surface area contributed by atoms with Gasteiger partial charge in [-0.3, -0.25) is 4.79 Å². The zero-order valence-electron chi connectivity index (χ0n) is 23.4. The number of carbonyl (C=O) groups excluding carboxylic acids is 2. The molecular formula is C34H30F3N3O3. The Hall–Kier alpha value is -5.05. The summed E-state index contributed by atoms with van der Waals surface area (Å²) in [6.07, 6.45) is -0.926. The van der Waals surface area contributed by atoms with E-state index in [1.807, 2.05) is 60.7 Å². The monoisotopic (exact) mass is 585 g/mol. The number of rotatable bonds is 6. The topological polar surface area (TPSA) is 61.9 Å². The average molecular weight is 586 g/mol. The van der Waals surface area contributed by atoms with E-state index in [9.17, 15) is 22.8 Å². The van der Waals surface area contributed by atoms with E-state index < -0.39 is 29.7 Å². The first kappa shape index (κ1) is 29.4. The second-order valence-corrected chi connectivity index (χ2v) is 10.1. The van der Waals surface area contributed by atoms with Crippen LogP contribution in [0.15, 0.2) is 115 Å². The van der Waals surface area contributed by atoms with Crippen molar-refractivity contribution in [1.82, 2.24) is 9.80 Å². The summed E-state index contributed by atoms with van der Waals surface area (Å²) in [5, 5.41) is 2.94. The molecule has 0 aliphatic carbocycles. The Labute approximate surface area is 248 Å². The van der Waals surface area contributed by atoms with Gasteiger partial charge in [0.15, 0.2) is 0 Å². The average Bonchev–Trinajstić information content (AvgIpc) is 3.01. The van der Waals surface area contributed by atoms with Crippen LogP contribution in [0.1, 0.15) is 22.7 Å². The van der Waals surface area contributed by atoms with Crippen molar-refractivity contribution in [2.24, 2.45) is 0 Å². The summed E-state index contributed by atoms with van der Waals surface area (Å²) in [5.41, 5.74) is 2.64. The number of carbonyl (C=O) groups is 2. The molecule has 1 atom stereocenters. The lowest BCUT2D eigenvalue weighted by Crippen LogP contribution is -2.46. The van der Waals surface area contributed by atoms with Crippen LogP contribution in [0.2, 0.25) is 0 Å². The third-order valence-corrected chi connectivity index (χ3v) is 7.23. The minimum Gasteiger partial charge on any atom is -0.497 e. The number of methoxy groups -OCH3 is 1. The predicted molar refractivity (Wildman–Crippen MR) is 159 cm³/mol. The van der Waals surface area contributed by atoms with Crippen molar-refractivity contribution in [3.63, 3.8) is 0 Å². The van der Waals surface area contributed by atoms with Crippen LogP contribution in [0.3, 0.4) is 0 Å². The van der Waals surface area contributed by atoms with Gasteiger partial charge in [0.1, 0.15) is 12.3 Å². The van der Waals surface area contributed by atoms with Crippen LogP contribution >= 0.6 is 0 Å². The van der Waals surface area contributed by atoms with Gasteiger partial charge >= 0.3 is 12.2 Å². The Morgan fingerprint density at radius 2 is 1.65 bits per heavy atom. The van der Waals surface area contributed by atoms with Crippen molar-refractivity contribution >= 4 is 17.6 Å². The van der Waals surface area contributed by atoms with Gasteiger partial charge in [-0.15, -0.1) is 0 Å². The molecule has 9 heteroatoms. The Morgan fingerprint density at radius 3 is 2.37 bits per heavy atom. The smallest absolute Gasteiger partial charge is 0.416 e. The molecule has 43 heavy (non-hydrogen) atoms. The summed E-state index contributed by atoms with van der Waals surface area (Å²) in [4.78, 5) is 30.2. The van der Waals surface area contributed by atoms with Crippen LogP contribution in [-0.4, -0.2) is 41.9 Å². The van der Waals surface area contributed by atoms with Crippen LogP contribution in [-0.2, 0) is 17.5 Å². The summed E-state index contributed by atoms with van der Waals surface area (Å²) < 4.78 is 45.6. The van der Waals surface area contributed by atoms with Crippen LogP contribution in [0.5, 0.6) is 5.75 Å². The molecule has 0 spiro atoms. The molecule has 1 aliphatic rings. The van der Waals surface area contributed by atoms with E-state index in [2.05, 4.69) is 5.32 Å². The molecule has 0 radical (unpaired) electrons. The number of benzene rings is 4. The minimum absolute atomic E-state index is 0.0872. The maximum absolute atomic E-state index is 13.8. The summed E-state index contributed by atoms with van der Waals surface area (Å²) in [5.74, 6) is 0.224. The fourth-order valence-electron chi connectivity index (χ4n) is 5.03. The Balaban J connectivity index is 1.43. The van der Waals surface area contributed by atoms with Gasteiger partial charge in [0.25, 0.3) is 0 Å². The molecule has 0 bridgehead atoms. The zero-order chi connectivity index (χ0) is 30.4. The van der Waals surface area contributed by atoms with E-state index in [1.165, 1.54) is 15.9 Å². The van der Waals surface area contributed by atoms with Crippen LogP contribution in [0.25, 0.3) is 11.1 Å². The van der Waals surface area contributed by atoms with Gasteiger partial charge in [0.2, 0.25) is 5.91 Å². The molecule has 5 rings (SSSR count). The standard InChI is InChI=1S/C34H30F3N3O3/c1-43-28-18-16-26(17-19-28)31-15-8-20-39(23-32(41)40(31)22-24-9-7-12-27(21-24)34(35,36)37)33(42)38-30-14-6-5-13-29(30)25-10-3-2-4-11-25/h2-19,21,31H,20,22-23H2,1H3,(H,38,42)/b15-8-. The van der Waals surface area contributed by atoms with Crippen molar-refractivity contribution in [3.05, 3.63) is 132 Å². The molecule has 0 fully saturated rings. The number of para-hydroxylation sites is 1. The van der Waals surface area contributed by atoms with E-state index in [-0.39, 0.29) is 19.6 Å². The van der Waals surface area contributed by atoms with Gasteiger partial charge < -0.3 is 19.9 Å². The molecule has 1 aliphatic heterocycles. The van der Waals surface area contributed by atoms with Crippen molar-refractivity contribution < 1.29 is 27.5 Å². The highest BCUT2D eigenvalue weighted by Crippen LogP contribution is 2.32. The quantitative estimate of drug-likeness (QED) is 0.238. The maximum atomic E-state index is 13.8. The van der Waals surface area contributed by atoms with Gasteiger partial charge in [-0.05, 0) is 47.0 Å². The lowest BCUT2D eigenvalue weighted by Gasteiger charge is -2.35. The molecule has 6 nitrogen and oxygen atoms in total. The van der Waals surface area contributed by atoms with Crippen molar-refractivity contribution in [1.29, 1.82) is 0 Å². The van der Waals surface area contributed by atoms with Gasteiger partial charge in [-0.25, -0.2) is 4.79 Å². The van der Waals surface area contributed by atoms with Crippen molar-refractivity contribution in [2.45, 2.75) is 18.8 Å². The number of amides is 3. The first-order valence-corrected chi connectivity index (χ1v) is 13.7. The summed E-state index contributed by atoms with van der Waals surface area (Å²) in [6.45, 7) is -0.194. The van der Waals surface area contributed by atoms with Crippen LogP contribution in [0.4, 0.5) is 23.7 Å². The molecule has 1 unspecified atom stereocenters. The number of urea groups is 1. The first-order valence-electron chi connectivity index (χ1n) is 13.7. The highest BCUT2D eigenvalue weighted by Gasteiger charge is 2.32. The minimum atomic E-state index is -4.52. The van der Waals surface area contributed by atoms with Gasteiger partial charge in [0.05, 0.1) is 24.4 Å². The Morgan fingerprint density at radius 1 is 0.930 bits per heavy atom. The number of nitrogens with zero attached hydrogens (tertiary/aromatic N) is 2. The maximum Gasteiger partial charge on any atom is 0.416 e. The van der Waals surface area contributed by atoms with E-state index in [1.54, 1.807) is 43.5 Å². The molecule has 3 amide bonds. The molecule has 0 saturated heterocycles. The van der Waals surface area contributed by atoms with E-state index >= 15 is 0 Å². The number of nitrogens with one attached hydrogen (secondary N) is 1. The lowest BCUT2D eigenvalue weighted by atomic mass is 10.0. The van der Waals surface area contributed by atoms with Crippen LogP contribution < -0.4 is 10.1 Å². The predicted octanol–water partition coefficient (Wildman–Crippen LogP) is 7.55. The third kappa shape index (κ3) is 7.06. The largest absolute Gasteiger partial charge is 0.497 e. The van der Waals surface area contributed by atoms with Crippen LogP contribution in [0, 0.1) is 0 Å². The molecule has 4 aromatic carbocycles. The lowest BCUT2D eigenvalue weighted by molar-refractivity contribution is -0.137. The van der Waals surface area contributed by atoms with E-state index in [4.69, 9.17) is 4.74 Å². The summed E-state index contributed by atoms with van der Waals surface area (Å²) in [6, 6.07) is 28.0. The molecule has 0 aromatic heterocycles. The van der Waals surface area contributed by atoms with Gasteiger partial charge in [0, 0.05) is 18.7 Å². The number of halogens is 3. The first-order chi connectivity index (χ1) is 20.7. The number of anilines is 1. The summed E-state index contributed by atoms with van der Waals surface area (Å²) >= 11 is 0. The fraction of sp³-hybridized carbons (Fsp3) is 0.176. The third-order valence-electron chi connectivity index (χ3n) is 7.23. The normalized spacial score (nSPS) is 16.3. The van der Waals surface area contributed by atoms with Gasteiger partial charge in [-0.2, -0.15) is 13.2 Å². The molecular weight excluding hydrogens is 555 g/mol. The SMILES string of the molecule is COc1ccc(C2/C=C\CN(C(=O)Nc3ccccc3-c3ccccc3)CC(=O)N2Cc2cccc(C(F)(F)F)c2)cc1. The number of hydrogen-bond acceptors (Lipinski definition) is 3. The second kappa shape index (κ2) is 12.9. The Bertz CT molecular complexity index is 1600. The Kier molecular flexibility index (Phi) is 8.80. The number of hydrogen-bond donors (Lipinski definition) is 1. The fourth-order valence-corrected chi connectivity index (χ4v) is 5.03. The van der Waals surface area contributed by atoms with E-state index in [0.717, 1.165) is 28.8 Å². The number of ether oxygens (including phenoxy) is 1. The number of alkyl halides is 3. The molecule has 1 N–H and O–H groups in total. The molecule has 4 aromatic rings. The zero-order valence-corrected chi connectivity index (χ0v) is 23.4. The van der Waals surface area contributed by atoms with Crippen molar-refractivity contribution in [3.8, 4) is 16.9 Å². The van der Waals surface area contributed by atoms with Gasteiger partial charge in [-0.1, -0.05) is 84.9 Å². The summed E-state index contributed by atoms with van der Waals surface area (Å²) in [7, 11) is 1.55. The highest BCUT2D eigenvalue weighted by molar-refractivity contribution is 5.96. The molecule has 220 valence electrons. The molecule has 1 heterocycles. The second-order valence-electron chi connectivity index (χ2n) is 10.1. The molecule has 0 saturated carbocycles. The highest BCUT2D eigenvalue weighted by atomic mass is 19.4. The van der Waals surface area contributed by atoms with E-state index in [0.29, 0.717) is 17.0 Å². The van der Waals surface area contributed by atoms with Crippen molar-refractivity contribution in [2.75, 3.05) is 25.5 Å².